The zero-order chi connectivity index (χ0) is 43.4. The molecule has 0 amide bonds. The molecule has 3 aliphatic rings. The lowest BCUT2D eigenvalue weighted by Crippen LogP contribution is -2.21. The Labute approximate surface area is 379 Å². The Morgan fingerprint density at radius 3 is 2.14 bits per heavy atom. The molecule has 0 bridgehead atoms. The van der Waals surface area contributed by atoms with E-state index in [0.717, 1.165) is 30.6 Å². The minimum absolute atomic E-state index is 0.164. The fraction of sp³-hybridized carbons (Fsp3) is 0.148. The maximum Gasteiger partial charge on any atom is 0.0461 e. The third-order valence-electron chi connectivity index (χ3n) is 12.5. The number of allylic oxidation sites excluding steroid dienone is 24. The Hall–Kier alpha value is -6.74. The van der Waals surface area contributed by atoms with Crippen LogP contribution >= 0.6 is 11.3 Å². The first kappa shape index (κ1) is 42.9. The monoisotopic (exact) mass is 835 g/mol. The topological polar surface area (TPSA) is 3.24 Å². The average Bonchev–Trinajstić information content (AvgIpc) is 3.73. The van der Waals surface area contributed by atoms with E-state index in [1.54, 1.807) is 6.08 Å². The lowest BCUT2D eigenvalue weighted by Gasteiger charge is -2.32. The van der Waals surface area contributed by atoms with Crippen molar-refractivity contribution in [1.82, 2.24) is 0 Å². The predicted octanol–water partition coefficient (Wildman–Crippen LogP) is 17.3. The van der Waals surface area contributed by atoms with E-state index in [9.17, 15) is 0 Å². The molecule has 0 radical (unpaired) electrons. The van der Waals surface area contributed by atoms with Crippen molar-refractivity contribution in [3.05, 3.63) is 272 Å². The summed E-state index contributed by atoms with van der Waals surface area (Å²) in [5, 5.41) is 2.66. The third kappa shape index (κ3) is 9.99. The Balaban J connectivity index is 1.06. The molecule has 0 aliphatic heterocycles. The number of hydrogen-bond donors (Lipinski definition) is 0. The van der Waals surface area contributed by atoms with E-state index in [1.807, 2.05) is 41.7 Å². The van der Waals surface area contributed by atoms with Gasteiger partial charge in [0, 0.05) is 49.1 Å². The molecule has 2 heteroatoms. The number of hydrogen-bond acceptors (Lipinski definition) is 2. The van der Waals surface area contributed by atoms with Crippen molar-refractivity contribution in [2.24, 2.45) is 17.8 Å². The van der Waals surface area contributed by atoms with Gasteiger partial charge in [0.15, 0.2) is 0 Å². The van der Waals surface area contributed by atoms with Crippen molar-refractivity contribution in [3.8, 4) is 0 Å². The van der Waals surface area contributed by atoms with Crippen molar-refractivity contribution in [3.63, 3.8) is 0 Å². The summed E-state index contributed by atoms with van der Waals surface area (Å²) in [5.74, 6) is 1.61. The van der Waals surface area contributed by atoms with Crippen LogP contribution in [0.3, 0.4) is 0 Å². The smallest absolute Gasteiger partial charge is 0.0461 e. The third-order valence-corrected chi connectivity index (χ3v) is 13.8. The van der Waals surface area contributed by atoms with Crippen LogP contribution in [0.25, 0.3) is 25.7 Å². The Morgan fingerprint density at radius 2 is 1.44 bits per heavy atom. The van der Waals surface area contributed by atoms with Gasteiger partial charge < -0.3 is 4.90 Å². The summed E-state index contributed by atoms with van der Waals surface area (Å²) < 4.78 is 2.70. The van der Waals surface area contributed by atoms with Gasteiger partial charge >= 0.3 is 0 Å². The summed E-state index contributed by atoms with van der Waals surface area (Å²) in [7, 11) is 0. The quantitative estimate of drug-likeness (QED) is 0.0895. The van der Waals surface area contributed by atoms with Gasteiger partial charge in [-0.3, -0.25) is 0 Å². The highest BCUT2D eigenvalue weighted by atomic mass is 32.1. The molecule has 8 rings (SSSR count). The van der Waals surface area contributed by atoms with Crippen LogP contribution in [0.4, 0.5) is 11.4 Å². The van der Waals surface area contributed by atoms with Gasteiger partial charge in [-0.05, 0) is 101 Å². The number of rotatable bonds is 16. The Kier molecular flexibility index (Phi) is 14.2. The molecule has 5 aromatic rings. The molecule has 312 valence electrons. The number of benzene rings is 4. The number of nitrogens with zero attached hydrogens (tertiary/aromatic N) is 1. The first-order chi connectivity index (χ1) is 31.1. The minimum atomic E-state index is 0.164. The Morgan fingerprint density at radius 1 is 0.683 bits per heavy atom. The summed E-state index contributed by atoms with van der Waals surface area (Å²) in [6.45, 7) is 14.2. The molecule has 1 aromatic heterocycles. The fourth-order valence-electron chi connectivity index (χ4n) is 9.21. The van der Waals surface area contributed by atoms with Crippen molar-refractivity contribution in [2.45, 2.75) is 38.0 Å². The molecular weight excluding hydrogens is 779 g/mol. The predicted molar refractivity (Wildman–Crippen MR) is 278 cm³/mol. The van der Waals surface area contributed by atoms with Crippen LogP contribution in [0.15, 0.2) is 256 Å². The molecule has 0 fully saturated rings. The zero-order valence-electron chi connectivity index (χ0n) is 36.3. The molecule has 1 nitrogen and oxygen atoms in total. The van der Waals surface area contributed by atoms with Gasteiger partial charge in [-0.1, -0.05) is 215 Å². The van der Waals surface area contributed by atoms with E-state index < -0.39 is 0 Å². The molecule has 1 heterocycles. The van der Waals surface area contributed by atoms with Crippen LogP contribution in [-0.4, -0.2) is 0 Å². The van der Waals surface area contributed by atoms with Crippen molar-refractivity contribution < 1.29 is 0 Å². The number of fused-ring (bicyclic) bond motifs is 3. The van der Waals surface area contributed by atoms with Crippen LogP contribution in [-0.2, 0) is 0 Å². The maximum absolute atomic E-state index is 4.15. The van der Waals surface area contributed by atoms with E-state index in [-0.39, 0.29) is 5.92 Å². The van der Waals surface area contributed by atoms with Crippen LogP contribution in [0.2, 0.25) is 0 Å². The van der Waals surface area contributed by atoms with Crippen molar-refractivity contribution >= 4 is 48.5 Å². The molecule has 5 atom stereocenters. The summed E-state index contributed by atoms with van der Waals surface area (Å²) >= 11 is 1.91. The van der Waals surface area contributed by atoms with Gasteiger partial charge in [0.25, 0.3) is 0 Å². The number of thiophene rings is 1. The van der Waals surface area contributed by atoms with Crippen molar-refractivity contribution in [1.29, 1.82) is 0 Å². The second-order valence-corrected chi connectivity index (χ2v) is 17.5. The second kappa shape index (κ2) is 20.9. The molecule has 0 saturated carbocycles. The summed E-state index contributed by atoms with van der Waals surface area (Å²) in [6.07, 6.45) is 50.6. The van der Waals surface area contributed by atoms with E-state index in [4.69, 9.17) is 0 Å². The summed E-state index contributed by atoms with van der Waals surface area (Å²) in [4.78, 5) is 2.40. The first-order valence-electron chi connectivity index (χ1n) is 22.3. The van der Waals surface area contributed by atoms with Gasteiger partial charge in [-0.15, -0.1) is 11.3 Å². The van der Waals surface area contributed by atoms with Crippen molar-refractivity contribution in [2.75, 3.05) is 4.90 Å². The Bertz CT molecular complexity index is 2780. The van der Waals surface area contributed by atoms with E-state index in [0.29, 0.717) is 23.7 Å². The summed E-state index contributed by atoms with van der Waals surface area (Å²) in [5.41, 5.74) is 9.98. The largest absolute Gasteiger partial charge is 0.311 e. The fourth-order valence-corrected chi connectivity index (χ4v) is 10.5. The zero-order valence-corrected chi connectivity index (χ0v) is 37.2. The maximum atomic E-state index is 4.15. The van der Waals surface area contributed by atoms with E-state index >= 15 is 0 Å². The van der Waals surface area contributed by atoms with Crippen LogP contribution < -0.4 is 4.90 Å². The summed E-state index contributed by atoms with van der Waals surface area (Å²) in [6, 6.07) is 34.0. The lowest BCUT2D eigenvalue weighted by molar-refractivity contribution is 0.388. The lowest BCUT2D eigenvalue weighted by atomic mass is 9.72. The SMILES string of the molecule is C=C\C=C/C=C/C(=C\C=C)C(c1cccc2c1sc1ccccc12)C(C)C1C=CC(c2ccc(N(C3=CCC(/C=C/C=C\C=C)C=C3)c3ccc(C4C=CC=CC4)cc3)cc2)=CC1. The highest BCUT2D eigenvalue weighted by Crippen LogP contribution is 2.46. The van der Waals surface area contributed by atoms with E-state index in [1.165, 1.54) is 53.7 Å². The molecular formula is C61H57NS. The van der Waals surface area contributed by atoms with Crippen LogP contribution in [0.5, 0.6) is 0 Å². The molecule has 3 aliphatic carbocycles. The molecule has 0 spiro atoms. The second-order valence-electron chi connectivity index (χ2n) is 16.5. The van der Waals surface area contributed by atoms with Crippen LogP contribution in [0.1, 0.15) is 54.7 Å². The van der Waals surface area contributed by atoms with Gasteiger partial charge in [0.2, 0.25) is 0 Å². The molecule has 5 unspecified atom stereocenters. The van der Waals surface area contributed by atoms with E-state index in [2.05, 4.69) is 220 Å². The minimum Gasteiger partial charge on any atom is -0.311 e. The highest BCUT2D eigenvalue weighted by Gasteiger charge is 2.30. The van der Waals surface area contributed by atoms with Gasteiger partial charge in [0.05, 0.1) is 0 Å². The molecule has 0 N–H and O–H groups in total. The van der Waals surface area contributed by atoms with Gasteiger partial charge in [-0.25, -0.2) is 0 Å². The normalized spacial score (nSPS) is 20.0. The van der Waals surface area contributed by atoms with Gasteiger partial charge in [0.1, 0.15) is 0 Å². The van der Waals surface area contributed by atoms with Crippen LogP contribution in [0, 0.1) is 17.8 Å². The average molecular weight is 836 g/mol. The molecule has 4 aromatic carbocycles. The number of anilines is 2. The van der Waals surface area contributed by atoms with Gasteiger partial charge in [-0.2, -0.15) is 0 Å². The molecule has 0 saturated heterocycles. The molecule has 63 heavy (non-hydrogen) atoms. The highest BCUT2D eigenvalue weighted by molar-refractivity contribution is 7.26. The first-order valence-corrected chi connectivity index (χ1v) is 23.1. The standard InChI is InChI=1S/C61H57NS/c1-5-8-10-13-21-46-29-39-53(40-30-46)62(54-41-35-50(36-42-54)48-22-15-12-16-23-48)55-43-37-51(38-44-55)49-33-31-47(32-34-49)45(4)60(52(20-7-3)24-14-11-9-6-2)58-27-19-26-57-56-25-17-18-28-59(56)63-61(57)58/h5-22,24-29,31,33-48,60H,1-3,23,30,32H2,4H3/b10-8-,11-9-,21-13+,24-14+,52-20+.